The number of rotatable bonds is 6. The van der Waals surface area contributed by atoms with Crippen molar-refractivity contribution in [3.05, 3.63) is 35.9 Å². The first kappa shape index (κ1) is 19.3. The van der Waals surface area contributed by atoms with E-state index >= 15 is 0 Å². The van der Waals surface area contributed by atoms with Gasteiger partial charge in [0.05, 0.1) is 6.26 Å². The van der Waals surface area contributed by atoms with Crippen LogP contribution in [0.1, 0.15) is 37.3 Å². The topological polar surface area (TPSA) is 69.7 Å². The molecule has 3 rings (SSSR count). The van der Waals surface area contributed by atoms with Crippen molar-refractivity contribution in [1.82, 2.24) is 14.5 Å². The first-order chi connectivity index (χ1) is 12.4. The Morgan fingerprint density at radius 2 is 1.73 bits per heavy atom. The zero-order valence-corrected chi connectivity index (χ0v) is 16.2. The SMILES string of the molecule is CS(=O)(=O)N1CCC(CNC(=O)C(c2ccccc2)N2CCCC2)CC1. The fourth-order valence-electron chi connectivity index (χ4n) is 3.95. The number of benzene rings is 1. The molecule has 0 radical (unpaired) electrons. The van der Waals surface area contributed by atoms with Crippen molar-refractivity contribution < 1.29 is 13.2 Å². The van der Waals surface area contributed by atoms with E-state index in [1.54, 1.807) is 0 Å². The smallest absolute Gasteiger partial charge is 0.241 e. The number of hydrogen-bond acceptors (Lipinski definition) is 4. The van der Waals surface area contributed by atoms with E-state index in [0.29, 0.717) is 25.6 Å². The first-order valence-electron chi connectivity index (χ1n) is 9.47. The minimum Gasteiger partial charge on any atom is -0.354 e. The molecule has 0 spiro atoms. The van der Waals surface area contributed by atoms with Gasteiger partial charge in [0.25, 0.3) is 0 Å². The predicted octanol–water partition coefficient (Wildman–Crippen LogP) is 1.61. The number of nitrogens with one attached hydrogen (secondary N) is 1. The van der Waals surface area contributed by atoms with Gasteiger partial charge in [0.15, 0.2) is 0 Å². The van der Waals surface area contributed by atoms with Gasteiger partial charge in [-0.2, -0.15) is 0 Å². The molecule has 0 saturated carbocycles. The Bertz CT molecular complexity index is 694. The summed E-state index contributed by atoms with van der Waals surface area (Å²) in [7, 11) is -3.10. The highest BCUT2D eigenvalue weighted by Gasteiger charge is 2.30. The monoisotopic (exact) mass is 379 g/mol. The summed E-state index contributed by atoms with van der Waals surface area (Å²) in [5, 5.41) is 3.13. The third-order valence-electron chi connectivity index (χ3n) is 5.48. The molecule has 144 valence electrons. The highest BCUT2D eigenvalue weighted by Crippen LogP contribution is 2.26. The fraction of sp³-hybridized carbons (Fsp3) is 0.632. The number of sulfonamides is 1. The second-order valence-electron chi connectivity index (χ2n) is 7.41. The third-order valence-corrected chi connectivity index (χ3v) is 6.78. The van der Waals surface area contributed by atoms with Gasteiger partial charge in [-0.1, -0.05) is 30.3 Å². The van der Waals surface area contributed by atoms with Crippen LogP contribution in [0.25, 0.3) is 0 Å². The molecule has 2 heterocycles. The van der Waals surface area contributed by atoms with E-state index in [-0.39, 0.29) is 11.9 Å². The van der Waals surface area contributed by atoms with Gasteiger partial charge in [0.1, 0.15) is 6.04 Å². The molecule has 6 nitrogen and oxygen atoms in total. The van der Waals surface area contributed by atoms with E-state index in [1.165, 1.54) is 10.6 Å². The lowest BCUT2D eigenvalue weighted by atomic mass is 9.97. The van der Waals surface area contributed by atoms with Crippen molar-refractivity contribution in [2.24, 2.45) is 5.92 Å². The van der Waals surface area contributed by atoms with Gasteiger partial charge < -0.3 is 5.32 Å². The van der Waals surface area contributed by atoms with E-state index in [0.717, 1.165) is 44.3 Å². The second-order valence-corrected chi connectivity index (χ2v) is 9.39. The minimum atomic E-state index is -3.10. The lowest BCUT2D eigenvalue weighted by molar-refractivity contribution is -0.126. The van der Waals surface area contributed by atoms with E-state index < -0.39 is 10.0 Å². The van der Waals surface area contributed by atoms with E-state index in [1.807, 2.05) is 30.3 Å². The van der Waals surface area contributed by atoms with Crippen LogP contribution in [0.3, 0.4) is 0 Å². The van der Waals surface area contributed by atoms with Crippen molar-refractivity contribution >= 4 is 15.9 Å². The molecule has 0 aliphatic carbocycles. The molecule has 26 heavy (non-hydrogen) atoms. The molecule has 1 atom stereocenters. The van der Waals surface area contributed by atoms with Crippen LogP contribution in [0.5, 0.6) is 0 Å². The van der Waals surface area contributed by atoms with Crippen LogP contribution in [0.4, 0.5) is 0 Å². The van der Waals surface area contributed by atoms with E-state index in [2.05, 4.69) is 10.2 Å². The summed E-state index contributed by atoms with van der Waals surface area (Å²) in [6, 6.07) is 9.74. The normalized spacial score (nSPS) is 21.6. The van der Waals surface area contributed by atoms with Crippen molar-refractivity contribution in [2.75, 3.05) is 39.0 Å². The molecule has 1 aromatic carbocycles. The third kappa shape index (κ3) is 4.84. The number of carbonyl (C=O) groups excluding carboxylic acids is 1. The van der Waals surface area contributed by atoms with Gasteiger partial charge in [0.2, 0.25) is 15.9 Å². The minimum absolute atomic E-state index is 0.0589. The van der Waals surface area contributed by atoms with Crippen LogP contribution in [0, 0.1) is 5.92 Å². The Hall–Kier alpha value is -1.44. The quantitative estimate of drug-likeness (QED) is 0.815. The maximum absolute atomic E-state index is 12.9. The molecule has 7 heteroatoms. The molecule has 1 aromatic rings. The number of likely N-dealkylation sites (tertiary alicyclic amines) is 1. The predicted molar refractivity (Wildman–Crippen MR) is 102 cm³/mol. The number of amides is 1. The number of piperidine rings is 1. The molecule has 1 amide bonds. The Kier molecular flexibility index (Phi) is 6.32. The van der Waals surface area contributed by atoms with Gasteiger partial charge >= 0.3 is 0 Å². The summed E-state index contributed by atoms with van der Waals surface area (Å²) in [6.07, 6.45) is 5.14. The highest BCUT2D eigenvalue weighted by molar-refractivity contribution is 7.88. The Morgan fingerprint density at radius 3 is 2.31 bits per heavy atom. The maximum atomic E-state index is 12.9. The molecular formula is C19H29N3O3S. The van der Waals surface area contributed by atoms with Gasteiger partial charge in [-0.05, 0) is 50.3 Å². The maximum Gasteiger partial charge on any atom is 0.241 e. The molecule has 2 aliphatic rings. The number of carbonyl (C=O) groups is 1. The zero-order chi connectivity index (χ0) is 18.6. The van der Waals surface area contributed by atoms with Crippen molar-refractivity contribution in [1.29, 1.82) is 0 Å². The van der Waals surface area contributed by atoms with Crippen molar-refractivity contribution in [3.63, 3.8) is 0 Å². The van der Waals surface area contributed by atoms with Gasteiger partial charge in [-0.25, -0.2) is 12.7 Å². The van der Waals surface area contributed by atoms with Crippen LogP contribution < -0.4 is 5.32 Å². The van der Waals surface area contributed by atoms with Crippen LogP contribution in [-0.2, 0) is 14.8 Å². The zero-order valence-electron chi connectivity index (χ0n) is 15.4. The molecule has 0 bridgehead atoms. The second kappa shape index (κ2) is 8.50. The summed E-state index contributed by atoms with van der Waals surface area (Å²) in [5.74, 6) is 0.399. The summed E-state index contributed by atoms with van der Waals surface area (Å²) >= 11 is 0. The number of hydrogen-bond donors (Lipinski definition) is 1. The van der Waals surface area contributed by atoms with Crippen LogP contribution in [0.15, 0.2) is 30.3 Å². The largest absolute Gasteiger partial charge is 0.354 e. The molecular weight excluding hydrogens is 350 g/mol. The highest BCUT2D eigenvalue weighted by atomic mass is 32.2. The van der Waals surface area contributed by atoms with Crippen LogP contribution in [0.2, 0.25) is 0 Å². The Morgan fingerprint density at radius 1 is 1.12 bits per heavy atom. The first-order valence-corrected chi connectivity index (χ1v) is 11.3. The van der Waals surface area contributed by atoms with Crippen molar-refractivity contribution in [2.45, 2.75) is 31.7 Å². The lowest BCUT2D eigenvalue weighted by Gasteiger charge is -2.31. The van der Waals surface area contributed by atoms with E-state index in [9.17, 15) is 13.2 Å². The summed E-state index contributed by atoms with van der Waals surface area (Å²) < 4.78 is 24.7. The van der Waals surface area contributed by atoms with Gasteiger partial charge in [-0.3, -0.25) is 9.69 Å². The standard InChI is InChI=1S/C19H29N3O3S/c1-26(24,25)22-13-9-16(10-14-22)15-20-19(23)18(21-11-5-6-12-21)17-7-3-2-4-8-17/h2-4,7-8,16,18H,5-6,9-15H2,1H3,(H,20,23). The summed E-state index contributed by atoms with van der Waals surface area (Å²) in [4.78, 5) is 15.2. The molecule has 0 aromatic heterocycles. The lowest BCUT2D eigenvalue weighted by Crippen LogP contribution is -2.44. The summed E-state index contributed by atoms with van der Waals surface area (Å²) in [6.45, 7) is 3.63. The molecule has 2 fully saturated rings. The number of nitrogens with zero attached hydrogens (tertiary/aromatic N) is 2. The fourth-order valence-corrected chi connectivity index (χ4v) is 4.82. The molecule has 2 saturated heterocycles. The van der Waals surface area contributed by atoms with Gasteiger partial charge in [0, 0.05) is 19.6 Å². The summed E-state index contributed by atoms with van der Waals surface area (Å²) in [5.41, 5.74) is 1.04. The molecule has 2 aliphatic heterocycles. The van der Waals surface area contributed by atoms with Crippen molar-refractivity contribution in [3.8, 4) is 0 Å². The van der Waals surface area contributed by atoms with Crippen LogP contribution >= 0.6 is 0 Å². The molecule has 1 N–H and O–H groups in total. The van der Waals surface area contributed by atoms with Gasteiger partial charge in [-0.15, -0.1) is 0 Å². The average Bonchev–Trinajstić information content (AvgIpc) is 3.15. The molecule has 1 unspecified atom stereocenters. The van der Waals surface area contributed by atoms with E-state index in [4.69, 9.17) is 0 Å². The Labute approximate surface area is 156 Å². The Balaban J connectivity index is 1.57. The van der Waals surface area contributed by atoms with Crippen LogP contribution in [-0.4, -0.2) is 62.5 Å². The average molecular weight is 380 g/mol.